The van der Waals surface area contributed by atoms with Crippen molar-refractivity contribution in [2.45, 2.75) is 19.3 Å². The van der Waals surface area contributed by atoms with Gasteiger partial charge in [-0.15, -0.1) is 0 Å². The second kappa shape index (κ2) is 10.2. The highest BCUT2D eigenvalue weighted by molar-refractivity contribution is 6.36. The van der Waals surface area contributed by atoms with Gasteiger partial charge in [0.2, 0.25) is 0 Å². The molecule has 37 heavy (non-hydrogen) atoms. The van der Waals surface area contributed by atoms with Crippen LogP contribution in [0.15, 0.2) is 96.2 Å². The van der Waals surface area contributed by atoms with Gasteiger partial charge in [-0.05, 0) is 53.7 Å². The maximum absolute atomic E-state index is 12.8. The third-order valence-electron chi connectivity index (χ3n) is 6.32. The number of aromatic hydroxyl groups is 2. The zero-order chi connectivity index (χ0) is 25.9. The van der Waals surface area contributed by atoms with Crippen molar-refractivity contribution in [3.8, 4) is 22.8 Å². The number of anilines is 1. The molecule has 0 bridgehead atoms. The summed E-state index contributed by atoms with van der Waals surface area (Å²) in [4.78, 5) is 17.4. The van der Waals surface area contributed by atoms with Crippen LogP contribution in [0, 0.1) is 0 Å². The van der Waals surface area contributed by atoms with Crippen molar-refractivity contribution in [3.63, 3.8) is 0 Å². The first-order valence-electron chi connectivity index (χ1n) is 12.0. The van der Waals surface area contributed by atoms with Crippen LogP contribution in [0.3, 0.4) is 0 Å². The fourth-order valence-corrected chi connectivity index (χ4v) is 4.42. The molecule has 182 valence electrons. The smallest absolute Gasteiger partial charge is 0.192 e. The SMILES string of the molecule is [B]c1cnn2c(NCC3=CC(CC(=C)C(=O)c4ccccc4O)=CCC3)cc(-c3ccccc3O)nc12. The molecule has 2 aromatic carbocycles. The van der Waals surface area contributed by atoms with E-state index < -0.39 is 0 Å². The van der Waals surface area contributed by atoms with Gasteiger partial charge in [0.15, 0.2) is 11.4 Å². The molecule has 2 heterocycles. The number of rotatable bonds is 8. The number of benzene rings is 2. The Morgan fingerprint density at radius 2 is 1.86 bits per heavy atom. The van der Waals surface area contributed by atoms with Gasteiger partial charge in [-0.25, -0.2) is 4.98 Å². The number of nitrogens with one attached hydrogen (secondary N) is 1. The molecule has 1 aliphatic carbocycles. The number of carbonyl (C=O) groups is 1. The minimum atomic E-state index is -0.259. The molecule has 7 nitrogen and oxygen atoms in total. The van der Waals surface area contributed by atoms with Gasteiger partial charge >= 0.3 is 0 Å². The Morgan fingerprint density at radius 3 is 2.65 bits per heavy atom. The fourth-order valence-electron chi connectivity index (χ4n) is 4.42. The second-order valence-electron chi connectivity index (χ2n) is 8.98. The van der Waals surface area contributed by atoms with Crippen molar-refractivity contribution in [3.05, 3.63) is 102 Å². The summed E-state index contributed by atoms with van der Waals surface area (Å²) in [6.45, 7) is 4.52. The number of phenols is 2. The van der Waals surface area contributed by atoms with Crippen molar-refractivity contribution in [2.75, 3.05) is 11.9 Å². The monoisotopic (exact) mass is 488 g/mol. The first kappa shape index (κ1) is 24.1. The zero-order valence-electron chi connectivity index (χ0n) is 20.2. The number of aromatic nitrogens is 3. The minimum absolute atomic E-state index is 0.0437. The van der Waals surface area contributed by atoms with Gasteiger partial charge in [0.25, 0.3) is 0 Å². The standard InChI is InChI=1S/C29H25BN4O3/c1-18(28(37)22-10-3-5-12-26(22)36)13-19-7-6-8-20(14-19)16-31-27-15-24(21-9-2-4-11-25(21)35)33-29-23(30)17-32-34(27)29/h2-5,7,9-12,14-15,17,31,35-36H,1,6,8,13,16H2. The summed E-state index contributed by atoms with van der Waals surface area (Å²) in [6, 6.07) is 15.4. The lowest BCUT2D eigenvalue weighted by atomic mass is 9.92. The summed E-state index contributed by atoms with van der Waals surface area (Å²) in [5.41, 5.74) is 4.98. The Balaban J connectivity index is 1.34. The highest BCUT2D eigenvalue weighted by Gasteiger charge is 2.17. The molecule has 2 radical (unpaired) electrons. The van der Waals surface area contributed by atoms with Crippen molar-refractivity contribution in [2.24, 2.45) is 0 Å². The predicted octanol–water partition coefficient (Wildman–Crippen LogP) is 4.49. The van der Waals surface area contributed by atoms with Crippen LogP contribution >= 0.6 is 0 Å². The van der Waals surface area contributed by atoms with Crippen molar-refractivity contribution in [1.29, 1.82) is 0 Å². The number of hydrogen-bond acceptors (Lipinski definition) is 6. The van der Waals surface area contributed by atoms with Crippen LogP contribution < -0.4 is 10.8 Å². The Hall–Kier alpha value is -4.59. The van der Waals surface area contributed by atoms with Crippen LogP contribution in [0.5, 0.6) is 11.5 Å². The molecule has 2 aromatic heterocycles. The molecule has 3 N–H and O–H groups in total. The molecular weight excluding hydrogens is 463 g/mol. The first-order valence-corrected chi connectivity index (χ1v) is 12.0. The largest absolute Gasteiger partial charge is 0.507 e. The number of carbonyl (C=O) groups excluding carboxylic acids is 1. The van der Waals surface area contributed by atoms with E-state index in [1.165, 1.54) is 6.07 Å². The van der Waals surface area contributed by atoms with Crippen LogP contribution in [0.2, 0.25) is 0 Å². The molecule has 0 aliphatic heterocycles. The van der Waals surface area contributed by atoms with Crippen molar-refractivity contribution in [1.82, 2.24) is 14.6 Å². The van der Waals surface area contributed by atoms with Crippen LogP contribution in [-0.2, 0) is 0 Å². The summed E-state index contributed by atoms with van der Waals surface area (Å²) in [5.74, 6) is 0.519. The van der Waals surface area contributed by atoms with Gasteiger partial charge in [0, 0.05) is 30.8 Å². The molecule has 1 aliphatic rings. The van der Waals surface area contributed by atoms with Gasteiger partial charge < -0.3 is 15.5 Å². The number of fused-ring (bicyclic) bond motifs is 1. The van der Waals surface area contributed by atoms with Crippen LogP contribution in [0.25, 0.3) is 16.9 Å². The van der Waals surface area contributed by atoms with Crippen molar-refractivity contribution >= 4 is 30.6 Å². The summed E-state index contributed by atoms with van der Waals surface area (Å²) < 4.78 is 1.64. The molecular formula is C29H25BN4O3. The quantitative estimate of drug-likeness (QED) is 0.192. The average molecular weight is 488 g/mol. The van der Waals surface area contributed by atoms with E-state index in [1.54, 1.807) is 47.1 Å². The Morgan fingerprint density at radius 1 is 1.11 bits per heavy atom. The molecule has 0 atom stereocenters. The number of phenolic OH excluding ortho intramolecular Hbond substituents is 2. The lowest BCUT2D eigenvalue weighted by Gasteiger charge is -2.17. The highest BCUT2D eigenvalue weighted by atomic mass is 16.3. The van der Waals surface area contributed by atoms with Crippen LogP contribution in [0.4, 0.5) is 5.82 Å². The summed E-state index contributed by atoms with van der Waals surface area (Å²) in [5, 5.41) is 28.1. The van der Waals surface area contributed by atoms with E-state index in [1.807, 2.05) is 12.1 Å². The van der Waals surface area contributed by atoms with Gasteiger partial charge in [0.05, 0.1) is 11.3 Å². The molecule has 0 amide bonds. The number of nitrogens with zero attached hydrogens (tertiary/aromatic N) is 3. The van der Waals surface area contributed by atoms with Gasteiger partial charge in [-0.2, -0.15) is 9.61 Å². The normalized spacial score (nSPS) is 13.2. The maximum atomic E-state index is 12.8. The molecule has 5 rings (SSSR count). The summed E-state index contributed by atoms with van der Waals surface area (Å²) >= 11 is 0. The van der Waals surface area contributed by atoms with Gasteiger partial charge in [-0.3, -0.25) is 4.79 Å². The summed E-state index contributed by atoms with van der Waals surface area (Å²) in [6.07, 6.45) is 7.88. The van der Waals surface area contributed by atoms with Crippen molar-refractivity contribution < 1.29 is 15.0 Å². The molecule has 4 aromatic rings. The van der Waals surface area contributed by atoms with Gasteiger partial charge in [0.1, 0.15) is 25.2 Å². The Bertz CT molecular complexity index is 1590. The number of para-hydroxylation sites is 2. The molecule has 8 heteroatoms. The topological polar surface area (TPSA) is 99.8 Å². The number of allylic oxidation sites excluding steroid dienone is 4. The van der Waals surface area contributed by atoms with E-state index in [0.29, 0.717) is 46.7 Å². The lowest BCUT2D eigenvalue weighted by molar-refractivity contribution is 0.103. The lowest BCUT2D eigenvalue weighted by Crippen LogP contribution is -2.13. The highest BCUT2D eigenvalue weighted by Crippen LogP contribution is 2.30. The molecule has 0 fully saturated rings. The molecule has 0 spiro atoms. The maximum Gasteiger partial charge on any atom is 0.192 e. The van der Waals surface area contributed by atoms with E-state index >= 15 is 0 Å². The van der Waals surface area contributed by atoms with E-state index in [0.717, 1.165) is 24.0 Å². The van der Waals surface area contributed by atoms with E-state index in [2.05, 4.69) is 34.1 Å². The number of ketones is 1. The molecule has 0 saturated heterocycles. The average Bonchev–Trinajstić information content (AvgIpc) is 3.28. The third-order valence-corrected chi connectivity index (χ3v) is 6.32. The second-order valence-corrected chi connectivity index (χ2v) is 8.98. The first-order chi connectivity index (χ1) is 17.9. The molecule has 0 saturated carbocycles. The van der Waals surface area contributed by atoms with Crippen LogP contribution in [0.1, 0.15) is 29.6 Å². The predicted molar refractivity (Wildman–Crippen MR) is 146 cm³/mol. The van der Waals surface area contributed by atoms with E-state index in [-0.39, 0.29) is 22.8 Å². The molecule has 0 unspecified atom stereocenters. The van der Waals surface area contributed by atoms with E-state index in [9.17, 15) is 15.0 Å². The number of Topliss-reactive ketones (excluding diaryl/α,β-unsaturated/α-hetero) is 1. The van der Waals surface area contributed by atoms with Gasteiger partial charge in [-0.1, -0.05) is 48.6 Å². The van der Waals surface area contributed by atoms with E-state index in [4.69, 9.17) is 7.85 Å². The Kier molecular flexibility index (Phi) is 6.64. The Labute approximate surface area is 215 Å². The van der Waals surface area contributed by atoms with Crippen LogP contribution in [-0.4, -0.2) is 45.0 Å². The minimum Gasteiger partial charge on any atom is -0.507 e. The zero-order valence-corrected chi connectivity index (χ0v) is 20.2. The fraction of sp³-hybridized carbons (Fsp3) is 0.138. The third kappa shape index (κ3) is 5.04. The number of hydrogen-bond donors (Lipinski definition) is 3. The summed E-state index contributed by atoms with van der Waals surface area (Å²) in [7, 11) is 6.10.